The van der Waals surface area contributed by atoms with Crippen molar-refractivity contribution in [3.63, 3.8) is 0 Å². The minimum absolute atomic E-state index is 0.166. The Morgan fingerprint density at radius 3 is 1.14 bits per heavy atom. The molecule has 1 aliphatic rings. The molecule has 4 unspecified atom stereocenters. The lowest BCUT2D eigenvalue weighted by atomic mass is 10.2. The first-order valence-corrected chi connectivity index (χ1v) is 30.0. The molecule has 1 fully saturated rings. The van der Waals surface area contributed by atoms with Gasteiger partial charge < -0.3 is 61.8 Å². The van der Waals surface area contributed by atoms with Crippen LogP contribution in [-0.4, -0.2) is 113 Å². The second-order valence-corrected chi connectivity index (χ2v) is 31.0. The second-order valence-electron chi connectivity index (χ2n) is 13.0. The van der Waals surface area contributed by atoms with Gasteiger partial charge in [0.15, 0.2) is 0 Å². The zero-order chi connectivity index (χ0) is 41.1. The summed E-state index contributed by atoms with van der Waals surface area (Å²) in [6.07, 6.45) is 0. The number of benzene rings is 4. The van der Waals surface area contributed by atoms with Crippen molar-refractivity contribution in [3.8, 4) is 11.5 Å². The first-order valence-electron chi connectivity index (χ1n) is 17.7. The Hall–Kier alpha value is -2.70. The summed E-state index contributed by atoms with van der Waals surface area (Å²) >= 11 is 0. The van der Waals surface area contributed by atoms with Crippen LogP contribution in [0.4, 0.5) is 0 Å². The molecule has 1 aliphatic heterocycles. The average Bonchev–Trinajstić information content (AvgIpc) is 3.22. The molecular weight excluding hydrogens is 825 g/mol. The van der Waals surface area contributed by atoms with Gasteiger partial charge in [-0.05, 0) is 58.9 Å². The van der Waals surface area contributed by atoms with Gasteiger partial charge >= 0.3 is 52.6 Å². The van der Waals surface area contributed by atoms with Crippen LogP contribution < -0.4 is 10.4 Å². The van der Waals surface area contributed by atoms with Crippen molar-refractivity contribution in [2.75, 3.05) is 49.8 Å². The summed E-state index contributed by atoms with van der Waals surface area (Å²) in [7, 11) is -9.08. The molecular formula is C36H54O14Si6. The van der Waals surface area contributed by atoms with Crippen LogP contribution in [-0.2, 0) is 63.6 Å². The summed E-state index contributed by atoms with van der Waals surface area (Å²) in [4.78, 5) is 0. The smallest absolute Gasteiger partial charge is 0.508 e. The van der Waals surface area contributed by atoms with Crippen molar-refractivity contribution in [2.24, 2.45) is 0 Å². The molecule has 4 aromatic rings. The van der Waals surface area contributed by atoms with Crippen molar-refractivity contribution in [2.45, 2.75) is 31.7 Å². The van der Waals surface area contributed by atoms with E-state index < -0.39 is 52.6 Å². The van der Waals surface area contributed by atoms with E-state index in [1.807, 2.05) is 98.0 Å². The third kappa shape index (κ3) is 11.5. The van der Waals surface area contributed by atoms with Crippen LogP contribution in [0, 0.1) is 0 Å². The maximum atomic E-state index is 9.93. The minimum Gasteiger partial charge on any atom is -0.508 e. The van der Waals surface area contributed by atoms with Gasteiger partial charge in [0, 0.05) is 68.4 Å². The molecule has 0 aliphatic carbocycles. The van der Waals surface area contributed by atoms with Crippen LogP contribution in [0.1, 0.15) is 11.1 Å². The largest absolute Gasteiger partial charge is 0.671 e. The summed E-state index contributed by atoms with van der Waals surface area (Å²) in [5.74, 6) is 0.332. The van der Waals surface area contributed by atoms with Crippen LogP contribution in [0.2, 0.25) is 19.6 Å². The fourth-order valence-corrected chi connectivity index (χ4v) is 29.6. The quantitative estimate of drug-likeness (QED) is 0.162. The molecule has 2 N–H and O–H groups in total. The molecule has 4 aromatic carbocycles. The van der Waals surface area contributed by atoms with Crippen LogP contribution >= 0.6 is 0 Å². The van der Waals surface area contributed by atoms with Gasteiger partial charge in [0.25, 0.3) is 0 Å². The zero-order valence-electron chi connectivity index (χ0n) is 33.6. The minimum atomic E-state index is -3.66. The normalized spacial score (nSPS) is 24.4. The Kier molecular flexibility index (Phi) is 16.3. The lowest BCUT2D eigenvalue weighted by molar-refractivity contribution is 0.0169. The van der Waals surface area contributed by atoms with Crippen LogP contribution in [0.15, 0.2) is 109 Å². The highest BCUT2D eigenvalue weighted by atomic mass is 28.5. The molecule has 0 spiro atoms. The van der Waals surface area contributed by atoms with E-state index >= 15 is 0 Å². The number of aromatic hydroxyl groups is 2. The van der Waals surface area contributed by atoms with E-state index in [1.165, 1.54) is 35.5 Å². The summed E-state index contributed by atoms with van der Waals surface area (Å²) in [6.45, 7) is 5.76. The van der Waals surface area contributed by atoms with Gasteiger partial charge in [-0.25, -0.2) is 0 Å². The van der Waals surface area contributed by atoms with Crippen molar-refractivity contribution in [1.82, 2.24) is 0 Å². The fraction of sp³-hybridized carbons (Fsp3) is 0.333. The Labute approximate surface area is 336 Å². The summed E-state index contributed by atoms with van der Waals surface area (Å²) in [5.41, 5.74) is 1.75. The van der Waals surface area contributed by atoms with E-state index in [2.05, 4.69) is 0 Å². The molecule has 0 saturated carbocycles. The van der Waals surface area contributed by atoms with Crippen molar-refractivity contribution in [3.05, 3.63) is 120 Å². The molecule has 0 aromatic heterocycles. The van der Waals surface area contributed by atoms with Gasteiger partial charge in [0.05, 0.1) is 0 Å². The van der Waals surface area contributed by atoms with Gasteiger partial charge in [-0.3, -0.25) is 0 Å². The Morgan fingerprint density at radius 1 is 0.482 bits per heavy atom. The van der Waals surface area contributed by atoms with E-state index in [9.17, 15) is 10.2 Å². The van der Waals surface area contributed by atoms with E-state index in [1.54, 1.807) is 45.0 Å². The number of hydrogen-bond acceptors (Lipinski definition) is 14. The van der Waals surface area contributed by atoms with E-state index in [4.69, 9.17) is 51.6 Å². The Balaban J connectivity index is 0.000000424. The number of rotatable bonds is 15. The molecule has 20 heteroatoms. The highest BCUT2D eigenvalue weighted by Gasteiger charge is 2.64. The van der Waals surface area contributed by atoms with Crippen molar-refractivity contribution < 1.29 is 61.8 Å². The average molecular weight is 879 g/mol. The van der Waals surface area contributed by atoms with Gasteiger partial charge in [-0.2, -0.15) is 0 Å². The monoisotopic (exact) mass is 878 g/mol. The van der Waals surface area contributed by atoms with E-state index in [0.29, 0.717) is 12.1 Å². The molecule has 0 radical (unpaired) electrons. The van der Waals surface area contributed by atoms with E-state index in [-0.39, 0.29) is 11.5 Å². The lowest BCUT2D eigenvalue weighted by Crippen LogP contribution is -2.76. The molecule has 5 rings (SSSR count). The molecule has 4 atom stereocenters. The SMILES string of the molecule is CO[Si](C)(OC)O[Si](OC)(OC)OC.CO[Si]1(Cc2ccc(O)cc2)O[Si](Cc2ccc(O)cc2)(OC)O[Si](C)(c2ccccc2)O[Si](C)(c2ccccc2)O1. The summed E-state index contributed by atoms with van der Waals surface area (Å²) < 4.78 is 72.4. The molecule has 306 valence electrons. The first kappa shape index (κ1) is 46.0. The Morgan fingerprint density at radius 2 is 0.839 bits per heavy atom. The van der Waals surface area contributed by atoms with Crippen LogP contribution in [0.3, 0.4) is 0 Å². The Bertz CT molecular complexity index is 1660. The van der Waals surface area contributed by atoms with Crippen LogP contribution in [0.5, 0.6) is 11.5 Å². The van der Waals surface area contributed by atoms with E-state index in [0.717, 1.165) is 21.5 Å². The molecule has 0 bridgehead atoms. The summed E-state index contributed by atoms with van der Waals surface area (Å²) in [5, 5.41) is 21.7. The first-order chi connectivity index (χ1) is 26.6. The molecule has 0 amide bonds. The van der Waals surface area contributed by atoms with Gasteiger partial charge in [0.2, 0.25) is 0 Å². The van der Waals surface area contributed by atoms with Gasteiger partial charge in [0.1, 0.15) is 11.5 Å². The standard InChI is InChI=1S/C30H36O8Si4.C6H18O6Si2/c1-33-41(23-25-15-19-27(31)20-16-25)36-39(3,29-11-7-5-8-12-29)35-40(4,30-13-9-6-10-14-30)37-42(34-2,38-41)24-26-17-21-28(32)22-18-26;1-7-13(6,8-2)12-14(9-3,10-4)11-5/h5-22,31-32H,23-24H2,1-4H3;1-6H3. The van der Waals surface area contributed by atoms with Crippen molar-refractivity contribution >= 4 is 63.0 Å². The number of hydrogen-bond donors (Lipinski definition) is 2. The molecule has 14 nitrogen and oxygen atoms in total. The topological polar surface area (TPSA) is 151 Å². The second kappa shape index (κ2) is 19.8. The third-order valence-corrected chi connectivity index (χ3v) is 31.5. The maximum absolute atomic E-state index is 9.93. The lowest BCUT2D eigenvalue weighted by Gasteiger charge is -2.49. The number of phenolic OH excluding ortho intramolecular Hbond substituents is 2. The highest BCUT2D eigenvalue weighted by Crippen LogP contribution is 2.35. The summed E-state index contributed by atoms with van der Waals surface area (Å²) in [6, 6.07) is 34.3. The maximum Gasteiger partial charge on any atom is 0.671 e. The van der Waals surface area contributed by atoms with Gasteiger partial charge in [-0.1, -0.05) is 84.9 Å². The van der Waals surface area contributed by atoms with Crippen molar-refractivity contribution in [1.29, 1.82) is 0 Å². The predicted octanol–water partition coefficient (Wildman–Crippen LogP) is 4.41. The molecule has 1 saturated heterocycles. The zero-order valence-corrected chi connectivity index (χ0v) is 39.6. The third-order valence-electron chi connectivity index (χ3n) is 9.14. The molecule has 1 heterocycles. The van der Waals surface area contributed by atoms with Gasteiger partial charge in [-0.15, -0.1) is 0 Å². The van der Waals surface area contributed by atoms with Crippen LogP contribution in [0.25, 0.3) is 0 Å². The molecule has 56 heavy (non-hydrogen) atoms. The highest BCUT2D eigenvalue weighted by molar-refractivity contribution is 6.99. The predicted molar refractivity (Wildman–Crippen MR) is 222 cm³/mol. The fourth-order valence-electron chi connectivity index (χ4n) is 5.95. The number of phenols is 2.